The molecule has 0 aromatic heterocycles. The third kappa shape index (κ3) is 4.81. The zero-order valence-electron chi connectivity index (χ0n) is 13.4. The van der Waals surface area contributed by atoms with Gasteiger partial charge in [0.2, 0.25) is 0 Å². The highest BCUT2D eigenvalue weighted by atomic mass is 16.5. The summed E-state index contributed by atoms with van der Waals surface area (Å²) in [5.74, 6) is 0.944. The molecule has 122 valence electrons. The number of aliphatic hydroxyl groups is 1. The summed E-state index contributed by atoms with van der Waals surface area (Å²) in [5, 5.41) is 13.2. The Balaban J connectivity index is 1.55. The Labute approximate surface area is 138 Å². The molecule has 0 spiro atoms. The fourth-order valence-electron chi connectivity index (χ4n) is 3.06. The molecule has 0 bridgehead atoms. The van der Waals surface area contributed by atoms with Crippen LogP contribution in [0, 0.1) is 0 Å². The van der Waals surface area contributed by atoms with Gasteiger partial charge in [0.25, 0.3) is 0 Å². The summed E-state index contributed by atoms with van der Waals surface area (Å²) in [4.78, 5) is 0. The predicted octanol–water partition coefficient (Wildman–Crippen LogP) is 3.66. The Morgan fingerprint density at radius 3 is 2.39 bits per heavy atom. The van der Waals surface area contributed by atoms with E-state index in [2.05, 4.69) is 29.6 Å². The van der Waals surface area contributed by atoms with Gasteiger partial charge in [0.15, 0.2) is 0 Å². The zero-order valence-corrected chi connectivity index (χ0v) is 13.4. The largest absolute Gasteiger partial charge is 0.489 e. The maximum absolute atomic E-state index is 9.59. The smallest absolute Gasteiger partial charge is 0.124 e. The van der Waals surface area contributed by atoms with Crippen LogP contribution in [0.5, 0.6) is 5.75 Å². The quantitative estimate of drug-likeness (QED) is 0.855. The highest BCUT2D eigenvalue weighted by molar-refractivity contribution is 5.33. The van der Waals surface area contributed by atoms with Gasteiger partial charge in [-0.2, -0.15) is 0 Å². The van der Waals surface area contributed by atoms with Crippen molar-refractivity contribution in [3.8, 4) is 5.75 Å². The molecule has 3 heteroatoms. The molecule has 3 rings (SSSR count). The highest BCUT2D eigenvalue weighted by Gasteiger charge is 2.19. The number of hydrogen-bond acceptors (Lipinski definition) is 3. The van der Waals surface area contributed by atoms with Crippen LogP contribution in [-0.4, -0.2) is 17.3 Å². The van der Waals surface area contributed by atoms with E-state index in [1.165, 1.54) is 11.1 Å². The second kappa shape index (κ2) is 8.14. The second-order valence-corrected chi connectivity index (χ2v) is 6.27. The molecule has 1 saturated carbocycles. The van der Waals surface area contributed by atoms with Crippen molar-refractivity contribution in [3.05, 3.63) is 65.7 Å². The molecule has 2 N–H and O–H groups in total. The van der Waals surface area contributed by atoms with Gasteiger partial charge in [-0.25, -0.2) is 0 Å². The Bertz CT molecular complexity index is 592. The van der Waals surface area contributed by atoms with E-state index in [9.17, 15) is 5.11 Å². The Hall–Kier alpha value is -1.84. The third-order valence-corrected chi connectivity index (χ3v) is 4.49. The first-order chi connectivity index (χ1) is 11.3. The molecule has 0 aliphatic heterocycles. The first-order valence-electron chi connectivity index (χ1n) is 8.47. The van der Waals surface area contributed by atoms with E-state index in [1.807, 2.05) is 30.3 Å². The fourth-order valence-corrected chi connectivity index (χ4v) is 3.06. The molecule has 0 atom stereocenters. The molecule has 1 fully saturated rings. The van der Waals surface area contributed by atoms with Crippen LogP contribution >= 0.6 is 0 Å². The molecule has 3 nitrogen and oxygen atoms in total. The molecular weight excluding hydrogens is 286 g/mol. The van der Waals surface area contributed by atoms with Gasteiger partial charge in [0.05, 0.1) is 6.10 Å². The summed E-state index contributed by atoms with van der Waals surface area (Å²) in [6.07, 6.45) is 3.81. The lowest BCUT2D eigenvalue weighted by Gasteiger charge is -2.26. The van der Waals surface area contributed by atoms with Gasteiger partial charge in [-0.05, 0) is 37.3 Å². The number of aliphatic hydroxyl groups excluding tert-OH is 1. The first-order valence-corrected chi connectivity index (χ1v) is 8.47. The SMILES string of the molecule is OC1CCC(NCc2ccccc2OCc2ccccc2)CC1. The zero-order chi connectivity index (χ0) is 15.9. The van der Waals surface area contributed by atoms with Crippen LogP contribution in [-0.2, 0) is 13.2 Å². The van der Waals surface area contributed by atoms with Crippen molar-refractivity contribution in [2.45, 2.75) is 51.0 Å². The van der Waals surface area contributed by atoms with Crippen molar-refractivity contribution in [2.75, 3.05) is 0 Å². The minimum absolute atomic E-state index is 0.102. The summed E-state index contributed by atoms with van der Waals surface area (Å²) in [7, 11) is 0. The lowest BCUT2D eigenvalue weighted by molar-refractivity contribution is 0.116. The van der Waals surface area contributed by atoms with Crippen LogP contribution in [0.2, 0.25) is 0 Å². The topological polar surface area (TPSA) is 41.5 Å². The van der Waals surface area contributed by atoms with Crippen LogP contribution in [0.4, 0.5) is 0 Å². The molecule has 0 saturated heterocycles. The number of benzene rings is 2. The number of nitrogens with one attached hydrogen (secondary N) is 1. The predicted molar refractivity (Wildman–Crippen MR) is 92.3 cm³/mol. The monoisotopic (exact) mass is 311 g/mol. The van der Waals surface area contributed by atoms with E-state index >= 15 is 0 Å². The Morgan fingerprint density at radius 2 is 1.61 bits per heavy atom. The number of rotatable bonds is 6. The van der Waals surface area contributed by atoms with Crippen molar-refractivity contribution in [3.63, 3.8) is 0 Å². The Kier molecular flexibility index (Phi) is 5.67. The number of hydrogen-bond donors (Lipinski definition) is 2. The van der Waals surface area contributed by atoms with Gasteiger partial charge >= 0.3 is 0 Å². The van der Waals surface area contributed by atoms with E-state index in [0.29, 0.717) is 12.6 Å². The van der Waals surface area contributed by atoms with Crippen LogP contribution in [0.3, 0.4) is 0 Å². The molecule has 0 heterocycles. The van der Waals surface area contributed by atoms with Gasteiger partial charge in [-0.1, -0.05) is 48.5 Å². The van der Waals surface area contributed by atoms with E-state index in [-0.39, 0.29) is 6.10 Å². The van der Waals surface area contributed by atoms with E-state index < -0.39 is 0 Å². The normalized spacial score (nSPS) is 21.1. The third-order valence-electron chi connectivity index (χ3n) is 4.49. The van der Waals surface area contributed by atoms with Gasteiger partial charge in [0, 0.05) is 18.2 Å². The molecule has 2 aromatic carbocycles. The van der Waals surface area contributed by atoms with Crippen LogP contribution in [0.15, 0.2) is 54.6 Å². The maximum Gasteiger partial charge on any atom is 0.124 e. The van der Waals surface area contributed by atoms with Crippen molar-refractivity contribution >= 4 is 0 Å². The molecule has 1 aliphatic carbocycles. The standard InChI is InChI=1S/C20H25NO2/c22-19-12-10-18(11-13-19)21-14-17-8-4-5-9-20(17)23-15-16-6-2-1-3-7-16/h1-9,18-19,21-22H,10-15H2. The average Bonchev–Trinajstić information content (AvgIpc) is 2.61. The summed E-state index contributed by atoms with van der Waals surface area (Å²) in [6, 6.07) is 19.0. The average molecular weight is 311 g/mol. The molecule has 0 unspecified atom stereocenters. The molecule has 0 amide bonds. The molecule has 0 radical (unpaired) electrons. The van der Waals surface area contributed by atoms with Gasteiger partial charge < -0.3 is 15.2 Å². The maximum atomic E-state index is 9.59. The minimum atomic E-state index is -0.102. The van der Waals surface area contributed by atoms with Crippen LogP contribution in [0.1, 0.15) is 36.8 Å². The lowest BCUT2D eigenvalue weighted by atomic mass is 9.93. The van der Waals surface area contributed by atoms with E-state index in [1.54, 1.807) is 0 Å². The van der Waals surface area contributed by atoms with Gasteiger partial charge in [-0.15, -0.1) is 0 Å². The summed E-state index contributed by atoms with van der Waals surface area (Å²) in [5.41, 5.74) is 2.37. The van der Waals surface area contributed by atoms with Gasteiger partial charge in [-0.3, -0.25) is 0 Å². The van der Waals surface area contributed by atoms with E-state index in [4.69, 9.17) is 4.74 Å². The fraction of sp³-hybridized carbons (Fsp3) is 0.400. The molecular formula is C20H25NO2. The lowest BCUT2D eigenvalue weighted by Crippen LogP contribution is -2.34. The number of para-hydroxylation sites is 1. The van der Waals surface area contributed by atoms with Crippen molar-refractivity contribution in [2.24, 2.45) is 0 Å². The van der Waals surface area contributed by atoms with Crippen LogP contribution in [0.25, 0.3) is 0 Å². The van der Waals surface area contributed by atoms with Crippen molar-refractivity contribution in [1.29, 1.82) is 0 Å². The summed E-state index contributed by atoms with van der Waals surface area (Å²) >= 11 is 0. The highest BCUT2D eigenvalue weighted by Crippen LogP contribution is 2.22. The van der Waals surface area contributed by atoms with Crippen molar-refractivity contribution in [1.82, 2.24) is 5.32 Å². The number of ether oxygens (including phenoxy) is 1. The van der Waals surface area contributed by atoms with E-state index in [0.717, 1.165) is 38.0 Å². The summed E-state index contributed by atoms with van der Waals surface area (Å²) < 4.78 is 6.00. The first kappa shape index (κ1) is 16.0. The minimum Gasteiger partial charge on any atom is -0.489 e. The second-order valence-electron chi connectivity index (χ2n) is 6.27. The molecule has 2 aromatic rings. The molecule has 23 heavy (non-hydrogen) atoms. The van der Waals surface area contributed by atoms with Crippen molar-refractivity contribution < 1.29 is 9.84 Å². The Morgan fingerprint density at radius 1 is 0.913 bits per heavy atom. The summed E-state index contributed by atoms with van der Waals surface area (Å²) in [6.45, 7) is 1.40. The van der Waals surface area contributed by atoms with Gasteiger partial charge in [0.1, 0.15) is 12.4 Å². The molecule has 1 aliphatic rings. The van der Waals surface area contributed by atoms with Crippen LogP contribution < -0.4 is 10.1 Å².